The van der Waals surface area contributed by atoms with Crippen molar-refractivity contribution in [2.75, 3.05) is 0 Å². The van der Waals surface area contributed by atoms with Crippen molar-refractivity contribution in [1.29, 1.82) is 0 Å². The third-order valence-corrected chi connectivity index (χ3v) is 5.79. The molecule has 0 aliphatic heterocycles. The Kier molecular flexibility index (Phi) is 8.66. The first kappa shape index (κ1) is 23.7. The summed E-state index contributed by atoms with van der Waals surface area (Å²) in [5.74, 6) is 0.610. The van der Waals surface area contributed by atoms with E-state index in [1.807, 2.05) is 27.7 Å². The number of hydrogen-bond donors (Lipinski definition) is 0. The Morgan fingerprint density at radius 3 is 1.83 bits per heavy atom. The molecule has 0 fully saturated rings. The summed E-state index contributed by atoms with van der Waals surface area (Å²) >= 11 is 0. The fourth-order valence-electron chi connectivity index (χ4n) is 4.65. The second-order valence-electron chi connectivity index (χ2n) is 7.32. The lowest BCUT2D eigenvalue weighted by atomic mass is 9.65. The standard InChI is InChI=1S/C26H26.2C2H6/c1-4-10-20(5-2)26(21-17-15-19(3)16-18-21)24-13-8-6-11-22(24)23-12-7-9-14-25(23)26;2*1-2/h4-15,17-19H,16H2,1-3H3;2*1-2H3/b10-4-,20-5+;;. The lowest BCUT2D eigenvalue weighted by Gasteiger charge is -2.37. The summed E-state index contributed by atoms with van der Waals surface area (Å²) < 4.78 is 0. The molecule has 1 atom stereocenters. The van der Waals surface area contributed by atoms with E-state index >= 15 is 0 Å². The highest BCUT2D eigenvalue weighted by atomic mass is 14.5. The third-order valence-electron chi connectivity index (χ3n) is 5.79. The number of fused-ring (bicyclic) bond motifs is 3. The molecule has 2 aromatic rings. The largest absolute Gasteiger partial charge is 0.0873 e. The summed E-state index contributed by atoms with van der Waals surface area (Å²) in [7, 11) is 0. The van der Waals surface area contributed by atoms with Gasteiger partial charge in [-0.2, -0.15) is 0 Å². The average Bonchev–Trinajstić information content (AvgIpc) is 3.12. The molecule has 0 N–H and O–H groups in total. The maximum absolute atomic E-state index is 2.45. The molecule has 0 saturated carbocycles. The van der Waals surface area contributed by atoms with Crippen LogP contribution in [0, 0.1) is 5.92 Å². The molecule has 0 saturated heterocycles. The first-order valence-electron chi connectivity index (χ1n) is 11.6. The van der Waals surface area contributed by atoms with E-state index in [1.54, 1.807) is 0 Å². The van der Waals surface area contributed by atoms with Gasteiger partial charge >= 0.3 is 0 Å². The Morgan fingerprint density at radius 2 is 1.40 bits per heavy atom. The summed E-state index contributed by atoms with van der Waals surface area (Å²) in [6.45, 7) is 14.6. The fourth-order valence-corrected chi connectivity index (χ4v) is 4.65. The van der Waals surface area contributed by atoms with Crippen molar-refractivity contribution in [1.82, 2.24) is 0 Å². The molecule has 0 heteroatoms. The van der Waals surface area contributed by atoms with Crippen molar-refractivity contribution in [2.24, 2.45) is 5.92 Å². The molecule has 2 aromatic carbocycles. The molecule has 0 amide bonds. The molecule has 2 aliphatic rings. The molecule has 0 spiro atoms. The lowest BCUT2D eigenvalue weighted by molar-refractivity contribution is 0.690. The molecular weight excluding hydrogens is 360 g/mol. The van der Waals surface area contributed by atoms with Gasteiger partial charge in [0.1, 0.15) is 0 Å². The number of hydrogen-bond acceptors (Lipinski definition) is 0. The molecule has 2 aliphatic carbocycles. The molecular formula is C30H38. The van der Waals surface area contributed by atoms with Gasteiger partial charge in [-0.3, -0.25) is 0 Å². The molecule has 0 aromatic heterocycles. The smallest absolute Gasteiger partial charge is 0.0707 e. The normalized spacial score (nSPS) is 18.4. The van der Waals surface area contributed by atoms with Crippen molar-refractivity contribution in [3.63, 3.8) is 0 Å². The van der Waals surface area contributed by atoms with Crippen LogP contribution in [0.3, 0.4) is 0 Å². The van der Waals surface area contributed by atoms with Gasteiger partial charge in [0, 0.05) is 0 Å². The van der Waals surface area contributed by atoms with Gasteiger partial charge in [0.15, 0.2) is 0 Å². The topological polar surface area (TPSA) is 0 Å². The van der Waals surface area contributed by atoms with E-state index in [0.29, 0.717) is 5.92 Å². The first-order valence-corrected chi connectivity index (χ1v) is 11.6. The number of benzene rings is 2. The van der Waals surface area contributed by atoms with Gasteiger partial charge in [-0.15, -0.1) is 0 Å². The maximum atomic E-state index is 2.45. The van der Waals surface area contributed by atoms with E-state index in [4.69, 9.17) is 0 Å². The van der Waals surface area contributed by atoms with Crippen LogP contribution in [0.15, 0.2) is 96.1 Å². The fraction of sp³-hybridized carbons (Fsp3) is 0.333. The molecule has 4 rings (SSSR count). The highest BCUT2D eigenvalue weighted by Gasteiger charge is 2.46. The Morgan fingerprint density at radius 1 is 0.867 bits per heavy atom. The predicted octanol–water partition coefficient (Wildman–Crippen LogP) is 9.05. The van der Waals surface area contributed by atoms with Crippen molar-refractivity contribution in [2.45, 2.75) is 60.3 Å². The summed E-state index contributed by atoms with van der Waals surface area (Å²) in [5.41, 5.74) is 8.06. The Bertz CT molecular complexity index is 904. The quantitative estimate of drug-likeness (QED) is 0.452. The lowest BCUT2D eigenvalue weighted by Crippen LogP contribution is -2.30. The maximum Gasteiger partial charge on any atom is 0.0707 e. The molecule has 0 bridgehead atoms. The zero-order chi connectivity index (χ0) is 22.1. The van der Waals surface area contributed by atoms with Crippen LogP contribution in [0.1, 0.15) is 66.0 Å². The minimum Gasteiger partial charge on any atom is -0.0873 e. The van der Waals surface area contributed by atoms with E-state index in [0.717, 1.165) is 6.42 Å². The molecule has 30 heavy (non-hydrogen) atoms. The van der Waals surface area contributed by atoms with E-state index in [1.165, 1.54) is 33.4 Å². The molecule has 0 radical (unpaired) electrons. The summed E-state index contributed by atoms with van der Waals surface area (Å²) in [6, 6.07) is 17.8. The Labute approximate surface area is 184 Å². The average molecular weight is 399 g/mol. The molecule has 0 heterocycles. The van der Waals surface area contributed by atoms with Crippen LogP contribution in [-0.2, 0) is 5.41 Å². The summed E-state index contributed by atoms with van der Waals surface area (Å²) in [6.07, 6.45) is 15.0. The molecule has 158 valence electrons. The van der Waals surface area contributed by atoms with Crippen LogP contribution in [0.2, 0.25) is 0 Å². The van der Waals surface area contributed by atoms with Gasteiger partial charge in [-0.05, 0) is 59.6 Å². The Balaban J connectivity index is 0.000000757. The highest BCUT2D eigenvalue weighted by Crippen LogP contribution is 2.57. The zero-order valence-electron chi connectivity index (χ0n) is 19.9. The van der Waals surface area contributed by atoms with Crippen LogP contribution >= 0.6 is 0 Å². The van der Waals surface area contributed by atoms with Gasteiger partial charge in [0.25, 0.3) is 0 Å². The minimum absolute atomic E-state index is 0.217. The summed E-state index contributed by atoms with van der Waals surface area (Å²) in [4.78, 5) is 0. The highest BCUT2D eigenvalue weighted by molar-refractivity contribution is 5.87. The van der Waals surface area contributed by atoms with Gasteiger partial charge in [0.2, 0.25) is 0 Å². The van der Waals surface area contributed by atoms with Crippen LogP contribution in [0.25, 0.3) is 11.1 Å². The van der Waals surface area contributed by atoms with Crippen LogP contribution in [0.5, 0.6) is 0 Å². The predicted molar refractivity (Wildman–Crippen MR) is 135 cm³/mol. The zero-order valence-corrected chi connectivity index (χ0v) is 19.9. The molecule has 0 nitrogen and oxygen atoms in total. The van der Waals surface area contributed by atoms with Gasteiger partial charge in [0.05, 0.1) is 5.41 Å². The number of allylic oxidation sites excluding steroid dienone is 8. The number of rotatable bonds is 3. The van der Waals surface area contributed by atoms with Gasteiger partial charge in [-0.1, -0.05) is 120 Å². The van der Waals surface area contributed by atoms with Gasteiger partial charge < -0.3 is 0 Å². The van der Waals surface area contributed by atoms with Crippen molar-refractivity contribution in [3.05, 3.63) is 107 Å². The third kappa shape index (κ3) is 3.88. The minimum atomic E-state index is -0.217. The summed E-state index contributed by atoms with van der Waals surface area (Å²) in [5, 5.41) is 0. The van der Waals surface area contributed by atoms with E-state index in [-0.39, 0.29) is 5.41 Å². The van der Waals surface area contributed by atoms with E-state index < -0.39 is 0 Å². The van der Waals surface area contributed by atoms with Crippen molar-refractivity contribution >= 4 is 0 Å². The second kappa shape index (κ2) is 11.0. The first-order chi connectivity index (χ1) is 14.7. The van der Waals surface area contributed by atoms with Crippen molar-refractivity contribution in [3.8, 4) is 11.1 Å². The van der Waals surface area contributed by atoms with E-state index in [9.17, 15) is 0 Å². The van der Waals surface area contributed by atoms with Gasteiger partial charge in [-0.25, -0.2) is 0 Å². The monoisotopic (exact) mass is 398 g/mol. The van der Waals surface area contributed by atoms with Crippen LogP contribution < -0.4 is 0 Å². The SMILES string of the molecule is C/C=C\C(=C/C)C1(C2=CCC(C)C=C2)c2ccccc2-c2ccccc21.CC.CC. The molecule has 1 unspecified atom stereocenters. The van der Waals surface area contributed by atoms with Crippen LogP contribution in [0.4, 0.5) is 0 Å². The van der Waals surface area contributed by atoms with E-state index in [2.05, 4.69) is 106 Å². The Hall–Kier alpha value is -2.60. The van der Waals surface area contributed by atoms with Crippen molar-refractivity contribution < 1.29 is 0 Å². The second-order valence-corrected chi connectivity index (χ2v) is 7.32. The van der Waals surface area contributed by atoms with Crippen LogP contribution in [-0.4, -0.2) is 0 Å².